The third kappa shape index (κ3) is 6.19. The van der Waals surface area contributed by atoms with Crippen LogP contribution in [0.5, 0.6) is 0 Å². The zero-order chi connectivity index (χ0) is 6.78. The van der Waals surface area contributed by atoms with Gasteiger partial charge in [0.05, 0.1) is 6.10 Å². The molecule has 0 rings (SSSR count). The van der Waals surface area contributed by atoms with Crippen molar-refractivity contribution in [1.82, 2.24) is 0 Å². The van der Waals surface area contributed by atoms with E-state index in [2.05, 4.69) is 0 Å². The van der Waals surface area contributed by atoms with Crippen LogP contribution in [0.1, 0.15) is 13.8 Å². The van der Waals surface area contributed by atoms with Crippen LogP contribution in [0.2, 0.25) is 0 Å². The summed E-state index contributed by atoms with van der Waals surface area (Å²) in [6, 6.07) is 0. The van der Waals surface area contributed by atoms with Gasteiger partial charge in [0.25, 0.3) is 0 Å². The average Bonchev–Trinajstić information content (AvgIpc) is 1.21. The first-order valence-electron chi connectivity index (χ1n) is 2.65. The Labute approximate surface area is 50.7 Å². The predicted octanol–water partition coefficient (Wildman–Crippen LogP) is 1.95. The van der Waals surface area contributed by atoms with E-state index < -0.39 is 7.37 Å². The molecule has 0 aliphatic rings. The Bertz CT molecular complexity index is 103. The smallest absolute Gasteiger partial charge is 0.197 e. The molecular formula is C5H13O2P. The Balaban J connectivity index is 3.56. The van der Waals surface area contributed by atoms with Gasteiger partial charge in [-0.2, -0.15) is 0 Å². The van der Waals surface area contributed by atoms with E-state index in [1.807, 2.05) is 13.8 Å². The second-order valence-corrected chi connectivity index (χ2v) is 5.12. The summed E-state index contributed by atoms with van der Waals surface area (Å²) in [5.74, 6) is 0. The first-order chi connectivity index (χ1) is 3.42. The van der Waals surface area contributed by atoms with Crippen molar-refractivity contribution in [2.45, 2.75) is 20.0 Å². The fourth-order valence-electron chi connectivity index (χ4n) is 0.508. The highest BCUT2D eigenvalue weighted by Crippen LogP contribution is 2.38. The van der Waals surface area contributed by atoms with E-state index in [-0.39, 0.29) is 6.10 Å². The molecule has 0 N–H and O–H groups in total. The van der Waals surface area contributed by atoms with Gasteiger partial charge in [-0.1, -0.05) is 0 Å². The lowest BCUT2D eigenvalue weighted by Crippen LogP contribution is -1.97. The standard InChI is InChI=1S/C5H13O2P/c1-5(2)7-8(3,4)6/h5H,1-4H3. The van der Waals surface area contributed by atoms with Crippen LogP contribution in [-0.2, 0) is 9.09 Å². The molecule has 2 nitrogen and oxygen atoms in total. The summed E-state index contributed by atoms with van der Waals surface area (Å²) >= 11 is 0. The van der Waals surface area contributed by atoms with Crippen molar-refractivity contribution < 1.29 is 9.09 Å². The molecule has 0 spiro atoms. The topological polar surface area (TPSA) is 26.3 Å². The van der Waals surface area contributed by atoms with Crippen molar-refractivity contribution in [3.63, 3.8) is 0 Å². The van der Waals surface area contributed by atoms with Gasteiger partial charge in [0, 0.05) is 13.3 Å². The van der Waals surface area contributed by atoms with Gasteiger partial charge >= 0.3 is 0 Å². The molecule has 0 aromatic carbocycles. The van der Waals surface area contributed by atoms with E-state index in [0.29, 0.717) is 0 Å². The predicted molar refractivity (Wildman–Crippen MR) is 35.7 cm³/mol. The van der Waals surface area contributed by atoms with Crippen molar-refractivity contribution in [2.75, 3.05) is 13.3 Å². The largest absolute Gasteiger partial charge is 0.326 e. The van der Waals surface area contributed by atoms with Gasteiger partial charge in [0.1, 0.15) is 0 Å². The second kappa shape index (κ2) is 2.65. The third-order valence-corrected chi connectivity index (χ3v) is 1.39. The molecule has 0 saturated carbocycles. The van der Waals surface area contributed by atoms with Crippen LogP contribution in [0.3, 0.4) is 0 Å². The Hall–Kier alpha value is 0.190. The summed E-state index contributed by atoms with van der Waals surface area (Å²) in [4.78, 5) is 0. The minimum atomic E-state index is -2.22. The first-order valence-corrected chi connectivity index (χ1v) is 5.17. The lowest BCUT2D eigenvalue weighted by Gasteiger charge is -2.10. The van der Waals surface area contributed by atoms with Gasteiger partial charge in [-0.05, 0) is 13.8 Å². The van der Waals surface area contributed by atoms with E-state index in [1.165, 1.54) is 0 Å². The Morgan fingerprint density at radius 1 is 1.38 bits per heavy atom. The molecule has 0 heterocycles. The van der Waals surface area contributed by atoms with E-state index in [4.69, 9.17) is 4.52 Å². The molecule has 0 saturated heterocycles. The second-order valence-electron chi connectivity index (χ2n) is 2.41. The molecule has 0 aromatic rings. The van der Waals surface area contributed by atoms with Crippen LogP contribution >= 0.6 is 7.37 Å². The zero-order valence-corrected chi connectivity index (χ0v) is 6.74. The van der Waals surface area contributed by atoms with Crippen molar-refractivity contribution in [1.29, 1.82) is 0 Å². The molecule has 3 heteroatoms. The summed E-state index contributed by atoms with van der Waals surface area (Å²) in [5.41, 5.74) is 0. The number of hydrogen-bond acceptors (Lipinski definition) is 2. The molecule has 50 valence electrons. The maximum atomic E-state index is 10.8. The van der Waals surface area contributed by atoms with Gasteiger partial charge < -0.3 is 4.52 Å². The average molecular weight is 136 g/mol. The monoisotopic (exact) mass is 136 g/mol. The van der Waals surface area contributed by atoms with Crippen LogP contribution in [-0.4, -0.2) is 19.4 Å². The minimum Gasteiger partial charge on any atom is -0.326 e. The van der Waals surface area contributed by atoms with E-state index in [1.54, 1.807) is 13.3 Å². The molecule has 0 atom stereocenters. The quantitative estimate of drug-likeness (QED) is 0.542. The van der Waals surface area contributed by atoms with Crippen LogP contribution in [0.4, 0.5) is 0 Å². The maximum absolute atomic E-state index is 10.8. The van der Waals surface area contributed by atoms with Gasteiger partial charge in [-0.25, -0.2) is 0 Å². The van der Waals surface area contributed by atoms with Crippen LogP contribution in [0.15, 0.2) is 0 Å². The van der Waals surface area contributed by atoms with Crippen molar-refractivity contribution >= 4 is 7.37 Å². The van der Waals surface area contributed by atoms with Gasteiger partial charge in [0.15, 0.2) is 7.37 Å². The SMILES string of the molecule is CC(C)OP(C)(C)=O. The fraction of sp³-hybridized carbons (Fsp3) is 1.00. The summed E-state index contributed by atoms with van der Waals surface area (Å²) in [7, 11) is -2.22. The van der Waals surface area contributed by atoms with E-state index in [0.717, 1.165) is 0 Å². The zero-order valence-electron chi connectivity index (χ0n) is 5.84. The van der Waals surface area contributed by atoms with Crippen LogP contribution < -0.4 is 0 Å². The highest BCUT2D eigenvalue weighted by atomic mass is 31.2. The van der Waals surface area contributed by atoms with E-state index in [9.17, 15) is 4.57 Å². The number of hydrogen-bond donors (Lipinski definition) is 0. The van der Waals surface area contributed by atoms with E-state index >= 15 is 0 Å². The summed E-state index contributed by atoms with van der Waals surface area (Å²) in [6.45, 7) is 6.99. The minimum absolute atomic E-state index is 0.0795. The fourth-order valence-corrected chi connectivity index (χ4v) is 1.52. The molecular weight excluding hydrogens is 123 g/mol. The Morgan fingerprint density at radius 3 is 1.75 bits per heavy atom. The molecule has 0 unspecified atom stereocenters. The van der Waals surface area contributed by atoms with Crippen LogP contribution in [0, 0.1) is 0 Å². The van der Waals surface area contributed by atoms with Crippen LogP contribution in [0.25, 0.3) is 0 Å². The summed E-state index contributed by atoms with van der Waals surface area (Å²) < 4.78 is 15.8. The molecule has 0 radical (unpaired) electrons. The van der Waals surface area contributed by atoms with Gasteiger partial charge in [-0.15, -0.1) is 0 Å². The van der Waals surface area contributed by atoms with Crippen molar-refractivity contribution in [3.05, 3.63) is 0 Å². The van der Waals surface area contributed by atoms with Gasteiger partial charge in [-0.3, -0.25) is 4.57 Å². The maximum Gasteiger partial charge on any atom is 0.197 e. The molecule has 0 aliphatic heterocycles. The lowest BCUT2D eigenvalue weighted by molar-refractivity contribution is 0.249. The number of rotatable bonds is 2. The highest BCUT2D eigenvalue weighted by molar-refractivity contribution is 7.57. The van der Waals surface area contributed by atoms with Gasteiger partial charge in [0.2, 0.25) is 0 Å². The van der Waals surface area contributed by atoms with Crippen molar-refractivity contribution in [2.24, 2.45) is 0 Å². The molecule has 8 heavy (non-hydrogen) atoms. The molecule has 0 bridgehead atoms. The molecule has 0 amide bonds. The highest BCUT2D eigenvalue weighted by Gasteiger charge is 2.07. The summed E-state index contributed by atoms with van der Waals surface area (Å²) in [5, 5.41) is 0. The molecule has 0 fully saturated rings. The van der Waals surface area contributed by atoms with Crippen molar-refractivity contribution in [3.8, 4) is 0 Å². The molecule has 0 aromatic heterocycles. The molecule has 0 aliphatic carbocycles. The Kier molecular flexibility index (Phi) is 2.72. The first kappa shape index (κ1) is 8.19. The normalized spacial score (nSPS) is 12.6. The lowest BCUT2D eigenvalue weighted by atomic mass is 10.5. The Morgan fingerprint density at radius 2 is 1.75 bits per heavy atom. The summed E-state index contributed by atoms with van der Waals surface area (Å²) in [6.07, 6.45) is 0.0795. The third-order valence-electron chi connectivity index (χ3n) is 0.465.